The van der Waals surface area contributed by atoms with Crippen molar-refractivity contribution < 1.29 is 0 Å². The fraction of sp³-hybridized carbons (Fsp3) is 0.0462. The Balaban J connectivity index is 0.997. The molecule has 0 radical (unpaired) electrons. The minimum Gasteiger partial charge on any atom is -0.310 e. The molecule has 0 N–H and O–H groups in total. The zero-order valence-corrected chi connectivity index (χ0v) is 38.2. The second kappa shape index (κ2) is 15.6. The number of fused-ring (bicyclic) bond motifs is 9. The summed E-state index contributed by atoms with van der Waals surface area (Å²) in [6.45, 7) is 4.75. The standard InChI is InChI=1S/C65H45NS/c1-65(2)60-25-12-10-21-55(60)57-24-14-23-52(64(57)65)44-29-35-49(36-30-44)66(48-33-27-42(28-34-48)45-32-38-63-59(39-45)56-22-11-13-26-62(56)67-63)61-41-47(31-37-51(61)43-15-4-3-5-16-43)58-40-46-17-6-7-18-50(46)53-19-8-9-20-54(53)58/h3-41H,1-2H3. The van der Waals surface area contributed by atoms with Crippen LogP contribution in [0.4, 0.5) is 17.1 Å². The Morgan fingerprint density at radius 3 is 1.72 bits per heavy atom. The van der Waals surface area contributed by atoms with Gasteiger partial charge in [0.1, 0.15) is 0 Å². The number of benzene rings is 11. The Labute approximate surface area is 395 Å². The molecule has 0 aliphatic heterocycles. The van der Waals surface area contributed by atoms with E-state index in [1.807, 2.05) is 11.3 Å². The van der Waals surface area contributed by atoms with Gasteiger partial charge in [-0.25, -0.2) is 0 Å². The van der Waals surface area contributed by atoms with Crippen LogP contribution in [0.2, 0.25) is 0 Å². The molecule has 1 nitrogen and oxygen atoms in total. The molecule has 0 saturated heterocycles. The largest absolute Gasteiger partial charge is 0.310 e. The first kappa shape index (κ1) is 39.3. The third-order valence-corrected chi connectivity index (χ3v) is 15.4. The molecule has 0 bridgehead atoms. The molecular weight excluding hydrogens is 827 g/mol. The summed E-state index contributed by atoms with van der Waals surface area (Å²) < 4.78 is 2.64. The lowest BCUT2D eigenvalue weighted by molar-refractivity contribution is 0.662. The summed E-state index contributed by atoms with van der Waals surface area (Å²) in [5.74, 6) is 0. The molecular formula is C65H45NS. The normalized spacial score (nSPS) is 12.7. The lowest BCUT2D eigenvalue weighted by atomic mass is 9.79. The zero-order valence-electron chi connectivity index (χ0n) is 37.4. The Morgan fingerprint density at radius 2 is 0.910 bits per heavy atom. The van der Waals surface area contributed by atoms with E-state index in [1.165, 1.54) is 103 Å². The van der Waals surface area contributed by atoms with Crippen molar-refractivity contribution >= 4 is 70.1 Å². The van der Waals surface area contributed by atoms with Crippen LogP contribution >= 0.6 is 11.3 Å². The van der Waals surface area contributed by atoms with E-state index in [0.29, 0.717) is 0 Å². The predicted octanol–water partition coefficient (Wildman–Crippen LogP) is 18.8. The molecule has 13 rings (SSSR count). The molecule has 0 atom stereocenters. The Kier molecular flexibility index (Phi) is 9.13. The summed E-state index contributed by atoms with van der Waals surface area (Å²) in [4.78, 5) is 2.47. The Morgan fingerprint density at radius 1 is 0.328 bits per heavy atom. The number of thiophene rings is 1. The average Bonchev–Trinajstić information content (AvgIpc) is 3.88. The van der Waals surface area contributed by atoms with Crippen molar-refractivity contribution in [2.75, 3.05) is 4.90 Å². The van der Waals surface area contributed by atoms with Gasteiger partial charge < -0.3 is 4.90 Å². The molecule has 0 fully saturated rings. The molecule has 1 aromatic heterocycles. The number of hydrogen-bond donors (Lipinski definition) is 0. The molecule has 0 spiro atoms. The first-order chi connectivity index (χ1) is 33.0. The molecule has 0 saturated carbocycles. The van der Waals surface area contributed by atoms with E-state index in [9.17, 15) is 0 Å². The van der Waals surface area contributed by atoms with Gasteiger partial charge in [-0.15, -0.1) is 11.3 Å². The van der Waals surface area contributed by atoms with Crippen molar-refractivity contribution in [2.45, 2.75) is 19.3 Å². The maximum absolute atomic E-state index is 2.47. The summed E-state index contributed by atoms with van der Waals surface area (Å²) in [5, 5.41) is 7.64. The maximum Gasteiger partial charge on any atom is 0.0546 e. The fourth-order valence-electron chi connectivity index (χ4n) is 11.1. The van der Waals surface area contributed by atoms with Gasteiger partial charge in [0.15, 0.2) is 0 Å². The Bertz CT molecular complexity index is 3880. The third-order valence-electron chi connectivity index (χ3n) is 14.3. The van der Waals surface area contributed by atoms with E-state index in [-0.39, 0.29) is 5.41 Å². The molecule has 1 aliphatic carbocycles. The zero-order chi connectivity index (χ0) is 44.6. The van der Waals surface area contributed by atoms with E-state index >= 15 is 0 Å². The van der Waals surface area contributed by atoms with Gasteiger partial charge >= 0.3 is 0 Å². The second-order valence-electron chi connectivity index (χ2n) is 18.4. The van der Waals surface area contributed by atoms with Crippen molar-refractivity contribution in [3.8, 4) is 55.6 Å². The lowest BCUT2D eigenvalue weighted by Crippen LogP contribution is -2.16. The molecule has 0 amide bonds. The van der Waals surface area contributed by atoms with Crippen LogP contribution in [0, 0.1) is 0 Å². The third kappa shape index (κ3) is 6.43. The highest BCUT2D eigenvalue weighted by molar-refractivity contribution is 7.25. The Hall–Kier alpha value is -8.04. The molecule has 1 aliphatic rings. The number of nitrogens with zero attached hydrogens (tertiary/aromatic N) is 1. The molecule has 1 heterocycles. The van der Waals surface area contributed by atoms with Crippen LogP contribution in [0.1, 0.15) is 25.0 Å². The molecule has 316 valence electrons. The lowest BCUT2D eigenvalue weighted by Gasteiger charge is -2.29. The number of rotatable bonds is 7. The molecule has 2 heteroatoms. The molecule has 0 unspecified atom stereocenters. The van der Waals surface area contributed by atoms with Gasteiger partial charge in [-0.3, -0.25) is 0 Å². The van der Waals surface area contributed by atoms with Gasteiger partial charge in [0.2, 0.25) is 0 Å². The summed E-state index contributed by atoms with van der Waals surface area (Å²) in [5.41, 5.74) is 18.3. The van der Waals surface area contributed by atoms with Crippen LogP contribution in [0.25, 0.3) is 97.4 Å². The minimum atomic E-state index is -0.117. The van der Waals surface area contributed by atoms with Crippen LogP contribution in [0.5, 0.6) is 0 Å². The SMILES string of the molecule is CC1(C)c2ccccc2-c2cccc(-c3ccc(N(c4ccc(-c5ccc6sc7ccccc7c6c5)cc4)c4cc(-c5cc6ccccc6c6ccccc56)ccc4-c4ccccc4)cc3)c21. The van der Waals surface area contributed by atoms with E-state index in [1.54, 1.807) is 0 Å². The highest BCUT2D eigenvalue weighted by Crippen LogP contribution is 2.53. The van der Waals surface area contributed by atoms with Gasteiger partial charge in [0.05, 0.1) is 5.69 Å². The minimum absolute atomic E-state index is 0.117. The topological polar surface area (TPSA) is 3.24 Å². The molecule has 67 heavy (non-hydrogen) atoms. The molecule has 11 aromatic carbocycles. The predicted molar refractivity (Wildman–Crippen MR) is 288 cm³/mol. The average molecular weight is 872 g/mol. The van der Waals surface area contributed by atoms with Crippen molar-refractivity contribution in [2.24, 2.45) is 0 Å². The first-order valence-corrected chi connectivity index (χ1v) is 24.1. The maximum atomic E-state index is 2.47. The van der Waals surface area contributed by atoms with Gasteiger partial charge in [0.25, 0.3) is 0 Å². The van der Waals surface area contributed by atoms with Crippen LogP contribution in [-0.2, 0) is 5.41 Å². The van der Waals surface area contributed by atoms with Gasteiger partial charge in [-0.05, 0) is 137 Å². The smallest absolute Gasteiger partial charge is 0.0546 e. The van der Waals surface area contributed by atoms with Gasteiger partial charge in [-0.1, -0.05) is 196 Å². The summed E-state index contributed by atoms with van der Waals surface area (Å²) >= 11 is 1.86. The van der Waals surface area contributed by atoms with Gasteiger partial charge in [-0.2, -0.15) is 0 Å². The number of hydrogen-bond acceptors (Lipinski definition) is 2. The van der Waals surface area contributed by atoms with Crippen molar-refractivity contribution in [1.29, 1.82) is 0 Å². The number of anilines is 3. The fourth-order valence-corrected chi connectivity index (χ4v) is 12.1. The van der Waals surface area contributed by atoms with E-state index in [4.69, 9.17) is 0 Å². The van der Waals surface area contributed by atoms with E-state index < -0.39 is 0 Å². The summed E-state index contributed by atoms with van der Waals surface area (Å²) in [7, 11) is 0. The van der Waals surface area contributed by atoms with E-state index in [2.05, 4.69) is 255 Å². The summed E-state index contributed by atoms with van der Waals surface area (Å²) in [6.07, 6.45) is 0. The van der Waals surface area contributed by atoms with Crippen molar-refractivity contribution in [3.05, 3.63) is 248 Å². The van der Waals surface area contributed by atoms with Gasteiger partial charge in [0, 0.05) is 42.5 Å². The second-order valence-corrected chi connectivity index (χ2v) is 19.5. The molecule has 12 aromatic rings. The highest BCUT2D eigenvalue weighted by atomic mass is 32.1. The van der Waals surface area contributed by atoms with Crippen LogP contribution in [0.3, 0.4) is 0 Å². The van der Waals surface area contributed by atoms with E-state index in [0.717, 1.165) is 22.6 Å². The first-order valence-electron chi connectivity index (χ1n) is 23.2. The van der Waals surface area contributed by atoms with Crippen molar-refractivity contribution in [3.63, 3.8) is 0 Å². The van der Waals surface area contributed by atoms with Crippen LogP contribution < -0.4 is 4.90 Å². The highest BCUT2D eigenvalue weighted by Gasteiger charge is 2.37. The monoisotopic (exact) mass is 871 g/mol. The summed E-state index contributed by atoms with van der Waals surface area (Å²) in [6, 6.07) is 87.8. The van der Waals surface area contributed by atoms with Crippen molar-refractivity contribution in [1.82, 2.24) is 0 Å². The van der Waals surface area contributed by atoms with Crippen LogP contribution in [-0.4, -0.2) is 0 Å². The quantitative estimate of drug-likeness (QED) is 0.144. The van der Waals surface area contributed by atoms with Crippen LogP contribution in [0.15, 0.2) is 237 Å².